The van der Waals surface area contributed by atoms with Crippen LogP contribution < -0.4 is 14.7 Å². The van der Waals surface area contributed by atoms with Crippen LogP contribution in [0.3, 0.4) is 0 Å². The van der Waals surface area contributed by atoms with Gasteiger partial charge in [-0.25, -0.2) is 9.97 Å². The molecule has 0 amide bonds. The molecular formula is C17H22N6O. The number of fused-ring (bicyclic) bond motifs is 1. The van der Waals surface area contributed by atoms with Gasteiger partial charge in [0.2, 0.25) is 5.95 Å². The Morgan fingerprint density at radius 3 is 2.79 bits per heavy atom. The van der Waals surface area contributed by atoms with E-state index in [0.29, 0.717) is 0 Å². The zero-order valence-corrected chi connectivity index (χ0v) is 14.0. The molecule has 2 aliphatic heterocycles. The highest BCUT2D eigenvalue weighted by atomic mass is 16.5. The van der Waals surface area contributed by atoms with Crippen molar-refractivity contribution in [1.29, 1.82) is 0 Å². The van der Waals surface area contributed by atoms with Gasteiger partial charge in [-0.05, 0) is 18.2 Å². The maximum atomic E-state index is 6.02. The summed E-state index contributed by atoms with van der Waals surface area (Å²) in [7, 11) is 3.92. The van der Waals surface area contributed by atoms with E-state index >= 15 is 0 Å². The number of pyridine rings is 1. The molecule has 0 bridgehead atoms. The van der Waals surface area contributed by atoms with Crippen LogP contribution in [0.2, 0.25) is 0 Å². The molecule has 126 valence electrons. The predicted octanol–water partition coefficient (Wildman–Crippen LogP) is 1.03. The molecule has 0 saturated carbocycles. The van der Waals surface area contributed by atoms with Crippen LogP contribution in [0.25, 0.3) is 0 Å². The minimum atomic E-state index is 0.179. The van der Waals surface area contributed by atoms with Gasteiger partial charge in [0.25, 0.3) is 0 Å². The lowest BCUT2D eigenvalue weighted by molar-refractivity contribution is 0.0352. The summed E-state index contributed by atoms with van der Waals surface area (Å²) < 4.78 is 6.02. The van der Waals surface area contributed by atoms with Crippen LogP contribution in [0.5, 0.6) is 0 Å². The lowest BCUT2D eigenvalue weighted by Crippen LogP contribution is -2.51. The summed E-state index contributed by atoms with van der Waals surface area (Å²) in [6.45, 7) is 3.33. The Labute approximate surface area is 141 Å². The third-order valence-corrected chi connectivity index (χ3v) is 4.60. The van der Waals surface area contributed by atoms with E-state index in [-0.39, 0.29) is 12.1 Å². The Balaban J connectivity index is 1.58. The van der Waals surface area contributed by atoms with Gasteiger partial charge in [-0.1, -0.05) is 6.07 Å². The number of aromatic nitrogens is 3. The van der Waals surface area contributed by atoms with Gasteiger partial charge < -0.3 is 19.4 Å². The first-order chi connectivity index (χ1) is 11.7. The van der Waals surface area contributed by atoms with Crippen LogP contribution in [0.15, 0.2) is 36.7 Å². The third-order valence-electron chi connectivity index (χ3n) is 4.60. The lowest BCUT2D eigenvalue weighted by atomic mass is 10.1. The van der Waals surface area contributed by atoms with Crippen LogP contribution >= 0.6 is 0 Å². The fourth-order valence-electron chi connectivity index (χ4n) is 3.42. The molecule has 0 N–H and O–H groups in total. The summed E-state index contributed by atoms with van der Waals surface area (Å²) in [4.78, 5) is 20.1. The zero-order valence-electron chi connectivity index (χ0n) is 14.0. The molecule has 2 atom stereocenters. The number of hydrogen-bond acceptors (Lipinski definition) is 7. The molecule has 2 aromatic rings. The van der Waals surface area contributed by atoms with E-state index in [2.05, 4.69) is 25.8 Å². The number of rotatable bonds is 3. The molecule has 4 rings (SSSR count). The van der Waals surface area contributed by atoms with Crippen molar-refractivity contribution in [3.8, 4) is 0 Å². The monoisotopic (exact) mass is 326 g/mol. The molecule has 24 heavy (non-hydrogen) atoms. The van der Waals surface area contributed by atoms with Gasteiger partial charge >= 0.3 is 0 Å². The minimum Gasteiger partial charge on any atom is -0.372 e. The maximum Gasteiger partial charge on any atom is 0.226 e. The van der Waals surface area contributed by atoms with Gasteiger partial charge in [0.15, 0.2) is 0 Å². The molecule has 2 aliphatic rings. The Morgan fingerprint density at radius 2 is 2.00 bits per heavy atom. The molecule has 7 nitrogen and oxygen atoms in total. The Morgan fingerprint density at radius 1 is 1.08 bits per heavy atom. The molecule has 2 fully saturated rings. The molecule has 2 aromatic heterocycles. The number of nitrogens with zero attached hydrogens (tertiary/aromatic N) is 6. The highest BCUT2D eigenvalue weighted by Gasteiger charge is 2.41. The summed E-state index contributed by atoms with van der Waals surface area (Å²) in [6.07, 6.45) is 3.84. The molecule has 7 heteroatoms. The van der Waals surface area contributed by atoms with Crippen molar-refractivity contribution in [1.82, 2.24) is 15.0 Å². The predicted molar refractivity (Wildman–Crippen MR) is 93.7 cm³/mol. The smallest absolute Gasteiger partial charge is 0.226 e. The van der Waals surface area contributed by atoms with Gasteiger partial charge in [0.1, 0.15) is 11.6 Å². The van der Waals surface area contributed by atoms with E-state index in [9.17, 15) is 0 Å². The highest BCUT2D eigenvalue weighted by molar-refractivity contribution is 5.48. The number of hydrogen-bond donors (Lipinski definition) is 0. The molecule has 0 unspecified atom stereocenters. The lowest BCUT2D eigenvalue weighted by Gasteiger charge is -2.37. The second-order valence-corrected chi connectivity index (χ2v) is 6.37. The van der Waals surface area contributed by atoms with Crippen LogP contribution in [0.4, 0.5) is 17.6 Å². The largest absolute Gasteiger partial charge is 0.372 e. The molecule has 0 aromatic carbocycles. The zero-order chi connectivity index (χ0) is 16.5. The van der Waals surface area contributed by atoms with Crippen LogP contribution in [0, 0.1) is 0 Å². The number of anilines is 3. The van der Waals surface area contributed by atoms with E-state index in [1.807, 2.05) is 49.6 Å². The topological polar surface area (TPSA) is 57.6 Å². The van der Waals surface area contributed by atoms with Crippen molar-refractivity contribution < 1.29 is 4.74 Å². The average molecular weight is 326 g/mol. The first-order valence-corrected chi connectivity index (χ1v) is 8.27. The molecule has 0 aliphatic carbocycles. The van der Waals surface area contributed by atoms with Gasteiger partial charge in [0, 0.05) is 46.1 Å². The van der Waals surface area contributed by atoms with E-state index in [1.54, 1.807) is 0 Å². The van der Waals surface area contributed by atoms with E-state index in [4.69, 9.17) is 9.72 Å². The summed E-state index contributed by atoms with van der Waals surface area (Å²) in [5.74, 6) is 2.71. The van der Waals surface area contributed by atoms with Gasteiger partial charge in [-0.2, -0.15) is 4.98 Å². The molecule has 2 saturated heterocycles. The number of ether oxygens (including phenoxy) is 1. The normalized spacial score (nSPS) is 23.2. The van der Waals surface area contributed by atoms with Crippen LogP contribution in [0.1, 0.15) is 0 Å². The van der Waals surface area contributed by atoms with Gasteiger partial charge in [0.05, 0.1) is 18.8 Å². The van der Waals surface area contributed by atoms with Crippen molar-refractivity contribution in [2.45, 2.75) is 12.1 Å². The van der Waals surface area contributed by atoms with E-state index < -0.39 is 0 Å². The van der Waals surface area contributed by atoms with Crippen molar-refractivity contribution >= 4 is 17.6 Å². The molecule has 4 heterocycles. The SMILES string of the molecule is CN(C)c1nccc(N2CCO[C@H]3CN(c4ccccn4)C[C@H]32)n1. The van der Waals surface area contributed by atoms with Crippen molar-refractivity contribution in [2.24, 2.45) is 0 Å². The molecular weight excluding hydrogens is 304 g/mol. The third kappa shape index (κ3) is 2.75. The average Bonchev–Trinajstić information content (AvgIpc) is 3.07. The second kappa shape index (κ2) is 6.24. The fourth-order valence-corrected chi connectivity index (χ4v) is 3.42. The summed E-state index contributed by atoms with van der Waals surface area (Å²) in [5, 5.41) is 0. The van der Waals surface area contributed by atoms with Crippen molar-refractivity contribution in [3.63, 3.8) is 0 Å². The van der Waals surface area contributed by atoms with Crippen molar-refractivity contribution in [2.75, 3.05) is 55.0 Å². The van der Waals surface area contributed by atoms with Crippen LogP contribution in [-0.4, -0.2) is 67.4 Å². The first-order valence-electron chi connectivity index (χ1n) is 8.27. The molecule has 0 spiro atoms. The minimum absolute atomic E-state index is 0.179. The van der Waals surface area contributed by atoms with E-state index in [0.717, 1.165) is 43.8 Å². The summed E-state index contributed by atoms with van der Waals surface area (Å²) in [5.41, 5.74) is 0. The fraction of sp³-hybridized carbons (Fsp3) is 0.471. The Hall–Kier alpha value is -2.41. The van der Waals surface area contributed by atoms with E-state index in [1.165, 1.54) is 0 Å². The standard InChI is InChI=1S/C17H22N6O/c1-21(2)17-19-8-6-16(20-17)23-9-10-24-14-12-22(11-13(14)23)15-5-3-4-7-18-15/h3-8,13-14H,9-12H2,1-2H3/t13-,14+/m1/s1. The maximum absolute atomic E-state index is 6.02. The van der Waals surface area contributed by atoms with Gasteiger partial charge in [-0.15, -0.1) is 0 Å². The van der Waals surface area contributed by atoms with Crippen LogP contribution in [-0.2, 0) is 4.74 Å². The summed E-state index contributed by atoms with van der Waals surface area (Å²) in [6, 6.07) is 8.29. The summed E-state index contributed by atoms with van der Waals surface area (Å²) >= 11 is 0. The van der Waals surface area contributed by atoms with Crippen molar-refractivity contribution in [3.05, 3.63) is 36.7 Å². The Kier molecular flexibility index (Phi) is 3.93. The van der Waals surface area contributed by atoms with Gasteiger partial charge in [-0.3, -0.25) is 0 Å². The number of morpholine rings is 1. The Bertz CT molecular complexity index is 694. The first kappa shape index (κ1) is 15.1. The molecule has 0 radical (unpaired) electrons. The second-order valence-electron chi connectivity index (χ2n) is 6.37. The highest BCUT2D eigenvalue weighted by Crippen LogP contribution is 2.29. The quantitative estimate of drug-likeness (QED) is 0.835.